The van der Waals surface area contributed by atoms with Gasteiger partial charge in [-0.2, -0.15) is 0 Å². The highest BCUT2D eigenvalue weighted by molar-refractivity contribution is 8.26. The van der Waals surface area contributed by atoms with E-state index in [9.17, 15) is 9.90 Å². The summed E-state index contributed by atoms with van der Waals surface area (Å²) in [7, 11) is 0. The molecule has 1 aliphatic heterocycles. The van der Waals surface area contributed by atoms with Crippen LogP contribution in [0.15, 0.2) is 53.4 Å². The third-order valence-electron chi connectivity index (χ3n) is 4.07. The lowest BCUT2D eigenvalue weighted by Crippen LogP contribution is -2.30. The van der Waals surface area contributed by atoms with E-state index in [1.807, 2.05) is 44.2 Å². The van der Waals surface area contributed by atoms with E-state index in [2.05, 4.69) is 0 Å². The second-order valence-corrected chi connectivity index (χ2v) is 7.47. The molecule has 6 heteroatoms. The summed E-state index contributed by atoms with van der Waals surface area (Å²) >= 11 is 6.73. The molecule has 0 spiro atoms. The van der Waals surface area contributed by atoms with E-state index >= 15 is 0 Å². The average molecular weight is 386 g/mol. The molecule has 1 aliphatic rings. The predicted octanol–water partition coefficient (Wildman–Crippen LogP) is 4.75. The normalized spacial score (nSPS) is 17.0. The maximum absolute atomic E-state index is 12.9. The van der Waals surface area contributed by atoms with E-state index < -0.39 is 0 Å². The zero-order chi connectivity index (χ0) is 18.7. The summed E-state index contributed by atoms with van der Waals surface area (Å²) in [6, 6.07) is 14.7. The average Bonchev–Trinajstić information content (AvgIpc) is 2.92. The van der Waals surface area contributed by atoms with Gasteiger partial charge in [0.05, 0.1) is 17.6 Å². The number of ether oxygens (including phenoxy) is 1. The Morgan fingerprint density at radius 1 is 1.27 bits per heavy atom. The zero-order valence-electron chi connectivity index (χ0n) is 14.5. The van der Waals surface area contributed by atoms with Gasteiger partial charge in [0.25, 0.3) is 5.91 Å². The van der Waals surface area contributed by atoms with Crippen LogP contribution in [0.1, 0.15) is 31.0 Å². The molecule has 2 aromatic rings. The molecule has 3 rings (SSSR count). The van der Waals surface area contributed by atoms with Crippen molar-refractivity contribution < 1.29 is 14.6 Å². The third-order valence-corrected chi connectivity index (χ3v) is 5.40. The number of phenols is 1. The van der Waals surface area contributed by atoms with Crippen molar-refractivity contribution in [1.29, 1.82) is 0 Å². The quantitative estimate of drug-likeness (QED) is 0.594. The molecule has 0 saturated carbocycles. The first-order valence-electron chi connectivity index (χ1n) is 8.29. The molecule has 0 aromatic heterocycles. The Labute approximate surface area is 162 Å². The number of phenolic OH excluding ortho intramolecular Hbond substituents is 1. The largest absolute Gasteiger partial charge is 0.504 e. The first kappa shape index (κ1) is 18.5. The Kier molecular flexibility index (Phi) is 5.64. The highest BCUT2D eigenvalue weighted by atomic mass is 32.2. The Hall–Kier alpha value is -2.31. The van der Waals surface area contributed by atoms with Crippen molar-refractivity contribution in [1.82, 2.24) is 4.90 Å². The van der Waals surface area contributed by atoms with Crippen LogP contribution in [0.5, 0.6) is 11.5 Å². The molecule has 26 heavy (non-hydrogen) atoms. The lowest BCUT2D eigenvalue weighted by atomic mass is 10.1. The Balaban J connectivity index is 1.87. The van der Waals surface area contributed by atoms with Gasteiger partial charge >= 0.3 is 0 Å². The van der Waals surface area contributed by atoms with Gasteiger partial charge in [0.1, 0.15) is 4.32 Å². The Morgan fingerprint density at radius 2 is 2.00 bits per heavy atom. The second kappa shape index (κ2) is 7.93. The number of rotatable bonds is 5. The van der Waals surface area contributed by atoms with E-state index in [1.54, 1.807) is 29.2 Å². The standard InChI is InChI=1S/C20H19NO3S2/c1-3-24-17-11-14(9-10-16(17)22)12-18-19(23)21(20(25)26-18)13(2)15-7-5-4-6-8-15/h4-13,22H,3H2,1-2H3/b18-12+/t13-/m1/s1. The number of nitrogens with zero attached hydrogens (tertiary/aromatic N) is 1. The highest BCUT2D eigenvalue weighted by Gasteiger charge is 2.35. The lowest BCUT2D eigenvalue weighted by molar-refractivity contribution is -0.123. The van der Waals surface area contributed by atoms with Crippen LogP contribution in [0.4, 0.5) is 0 Å². The summed E-state index contributed by atoms with van der Waals surface area (Å²) in [6.07, 6.45) is 1.78. The van der Waals surface area contributed by atoms with Crippen LogP contribution < -0.4 is 4.74 Å². The van der Waals surface area contributed by atoms with E-state index in [0.717, 1.165) is 11.1 Å². The summed E-state index contributed by atoms with van der Waals surface area (Å²) in [5.74, 6) is 0.367. The van der Waals surface area contributed by atoms with Gasteiger partial charge < -0.3 is 9.84 Å². The van der Waals surface area contributed by atoms with Crippen LogP contribution >= 0.6 is 24.0 Å². The number of benzene rings is 2. The van der Waals surface area contributed by atoms with Gasteiger partial charge in [0.15, 0.2) is 11.5 Å². The molecule has 1 fully saturated rings. The molecular weight excluding hydrogens is 366 g/mol. The van der Waals surface area contributed by atoms with Crippen LogP contribution in [-0.2, 0) is 4.79 Å². The van der Waals surface area contributed by atoms with Crippen molar-refractivity contribution in [2.24, 2.45) is 0 Å². The minimum atomic E-state index is -0.131. The zero-order valence-corrected chi connectivity index (χ0v) is 16.1. The molecule has 1 amide bonds. The summed E-state index contributed by atoms with van der Waals surface area (Å²) in [6.45, 7) is 4.27. The molecule has 0 radical (unpaired) electrons. The molecule has 4 nitrogen and oxygen atoms in total. The fourth-order valence-electron chi connectivity index (χ4n) is 2.74. The molecule has 2 aromatic carbocycles. The number of thiocarbonyl (C=S) groups is 1. The minimum Gasteiger partial charge on any atom is -0.504 e. The van der Waals surface area contributed by atoms with Gasteiger partial charge in [-0.25, -0.2) is 0 Å². The van der Waals surface area contributed by atoms with Crippen LogP contribution in [-0.4, -0.2) is 26.8 Å². The number of carbonyl (C=O) groups is 1. The smallest absolute Gasteiger partial charge is 0.266 e. The number of hydrogen-bond donors (Lipinski definition) is 1. The molecule has 1 saturated heterocycles. The molecule has 0 aliphatic carbocycles. The van der Waals surface area contributed by atoms with Crippen LogP contribution in [0.2, 0.25) is 0 Å². The van der Waals surface area contributed by atoms with Crippen molar-refractivity contribution in [2.45, 2.75) is 19.9 Å². The molecule has 1 heterocycles. The lowest BCUT2D eigenvalue weighted by Gasteiger charge is -2.23. The van der Waals surface area contributed by atoms with Crippen molar-refractivity contribution in [3.05, 3.63) is 64.6 Å². The fourth-order valence-corrected chi connectivity index (χ4v) is 4.16. The number of thioether (sulfide) groups is 1. The predicted molar refractivity (Wildman–Crippen MR) is 109 cm³/mol. The second-order valence-electron chi connectivity index (χ2n) is 5.80. The first-order chi connectivity index (χ1) is 12.5. The van der Waals surface area contributed by atoms with Crippen LogP contribution in [0.25, 0.3) is 6.08 Å². The van der Waals surface area contributed by atoms with E-state index in [1.165, 1.54) is 11.8 Å². The van der Waals surface area contributed by atoms with Crippen molar-refractivity contribution >= 4 is 40.3 Å². The molecule has 0 bridgehead atoms. The first-order valence-corrected chi connectivity index (χ1v) is 9.51. The molecule has 134 valence electrons. The third kappa shape index (κ3) is 3.76. The van der Waals surface area contributed by atoms with Crippen molar-refractivity contribution in [2.75, 3.05) is 6.61 Å². The highest BCUT2D eigenvalue weighted by Crippen LogP contribution is 2.38. The van der Waals surface area contributed by atoms with Gasteiger partial charge in [-0.3, -0.25) is 9.69 Å². The molecule has 1 N–H and O–H groups in total. The van der Waals surface area contributed by atoms with Gasteiger partial charge in [-0.15, -0.1) is 0 Å². The van der Waals surface area contributed by atoms with Gasteiger partial charge in [0.2, 0.25) is 0 Å². The maximum atomic E-state index is 12.9. The van der Waals surface area contributed by atoms with Gasteiger partial charge in [-0.05, 0) is 43.2 Å². The van der Waals surface area contributed by atoms with Gasteiger partial charge in [-0.1, -0.05) is 60.4 Å². The monoisotopic (exact) mass is 385 g/mol. The van der Waals surface area contributed by atoms with Gasteiger partial charge in [0, 0.05) is 0 Å². The van der Waals surface area contributed by atoms with E-state index in [-0.39, 0.29) is 17.7 Å². The summed E-state index contributed by atoms with van der Waals surface area (Å²) in [5.41, 5.74) is 1.81. The molecular formula is C20H19NO3S2. The van der Waals surface area contributed by atoms with Crippen LogP contribution in [0, 0.1) is 0 Å². The summed E-state index contributed by atoms with van der Waals surface area (Å²) in [4.78, 5) is 15.1. The number of carbonyl (C=O) groups excluding carboxylic acids is 1. The summed E-state index contributed by atoms with van der Waals surface area (Å²) < 4.78 is 5.94. The van der Waals surface area contributed by atoms with Crippen LogP contribution in [0.3, 0.4) is 0 Å². The minimum absolute atomic E-state index is 0.0780. The Morgan fingerprint density at radius 3 is 2.69 bits per heavy atom. The fraction of sp³-hybridized carbons (Fsp3) is 0.200. The maximum Gasteiger partial charge on any atom is 0.266 e. The summed E-state index contributed by atoms with van der Waals surface area (Å²) in [5, 5.41) is 9.82. The number of hydrogen-bond acceptors (Lipinski definition) is 5. The number of amides is 1. The SMILES string of the molecule is CCOc1cc(/C=C2/SC(=S)N([C@H](C)c3ccccc3)C2=O)ccc1O. The molecule has 1 atom stereocenters. The topological polar surface area (TPSA) is 49.8 Å². The molecule has 0 unspecified atom stereocenters. The van der Waals surface area contributed by atoms with Crippen molar-refractivity contribution in [3.8, 4) is 11.5 Å². The van der Waals surface area contributed by atoms with Crippen molar-refractivity contribution in [3.63, 3.8) is 0 Å². The Bertz CT molecular complexity index is 865. The number of aromatic hydroxyl groups is 1. The van der Waals surface area contributed by atoms with E-state index in [4.69, 9.17) is 17.0 Å². The van der Waals surface area contributed by atoms with E-state index in [0.29, 0.717) is 21.6 Å².